The summed E-state index contributed by atoms with van der Waals surface area (Å²) in [5.41, 5.74) is 2.46. The first-order chi connectivity index (χ1) is 5.70. The van der Waals surface area contributed by atoms with E-state index in [-0.39, 0.29) is 5.75 Å². The predicted octanol–water partition coefficient (Wildman–Crippen LogP) is 2.01. The zero-order valence-corrected chi connectivity index (χ0v) is 7.64. The van der Waals surface area contributed by atoms with Gasteiger partial charge in [-0.05, 0) is 24.8 Å². The molecule has 4 heteroatoms. The van der Waals surface area contributed by atoms with Crippen molar-refractivity contribution in [1.29, 1.82) is 0 Å². The van der Waals surface area contributed by atoms with Crippen LogP contribution in [0.15, 0.2) is 5.38 Å². The van der Waals surface area contributed by atoms with Gasteiger partial charge in [0.25, 0.3) is 0 Å². The third-order valence-corrected chi connectivity index (χ3v) is 2.89. The molecule has 0 spiro atoms. The average molecular weight is 180 g/mol. The first kappa shape index (κ1) is 7.49. The Morgan fingerprint density at radius 3 is 2.83 bits per heavy atom. The summed E-state index contributed by atoms with van der Waals surface area (Å²) in [6, 6.07) is 0. The molecule has 0 saturated heterocycles. The van der Waals surface area contributed by atoms with Crippen molar-refractivity contribution in [3.05, 3.63) is 16.6 Å². The smallest absolute Gasteiger partial charge is 0.158 e. The molecule has 0 bridgehead atoms. The van der Waals surface area contributed by atoms with E-state index in [1.165, 1.54) is 11.3 Å². The summed E-state index contributed by atoms with van der Waals surface area (Å²) in [4.78, 5) is 0. The molecule has 0 aliphatic rings. The van der Waals surface area contributed by atoms with E-state index in [0.717, 1.165) is 15.8 Å². The van der Waals surface area contributed by atoms with Crippen molar-refractivity contribution in [2.24, 2.45) is 0 Å². The maximum atomic E-state index is 9.58. The number of aryl methyl sites for hydroxylation is 2. The third kappa shape index (κ3) is 0.881. The van der Waals surface area contributed by atoms with Crippen molar-refractivity contribution in [2.45, 2.75) is 13.8 Å². The number of hydrogen-bond donors (Lipinski definition) is 1. The highest BCUT2D eigenvalue weighted by Crippen LogP contribution is 2.31. The number of fused-ring (bicyclic) bond motifs is 1. The Balaban J connectivity index is 2.93. The van der Waals surface area contributed by atoms with E-state index < -0.39 is 0 Å². The Morgan fingerprint density at radius 1 is 1.33 bits per heavy atom. The number of thiophene rings is 1. The molecule has 0 radical (unpaired) electrons. The monoisotopic (exact) mass is 180 g/mol. The van der Waals surface area contributed by atoms with Crippen LogP contribution in [0, 0.1) is 13.8 Å². The van der Waals surface area contributed by atoms with E-state index in [4.69, 9.17) is 0 Å². The molecule has 0 amide bonds. The molecule has 0 unspecified atom stereocenters. The van der Waals surface area contributed by atoms with E-state index in [0.29, 0.717) is 5.69 Å². The maximum absolute atomic E-state index is 9.58. The quantitative estimate of drug-likeness (QED) is 0.674. The highest BCUT2D eigenvalue weighted by molar-refractivity contribution is 7.17. The first-order valence-corrected chi connectivity index (χ1v) is 4.48. The predicted molar refractivity (Wildman–Crippen MR) is 48.6 cm³/mol. The Labute approximate surface area is 73.7 Å². The molecule has 2 rings (SSSR count). The second kappa shape index (κ2) is 2.42. The van der Waals surface area contributed by atoms with Crippen LogP contribution in [-0.4, -0.2) is 15.3 Å². The van der Waals surface area contributed by atoms with Crippen LogP contribution in [0.3, 0.4) is 0 Å². The van der Waals surface area contributed by atoms with Gasteiger partial charge in [-0.2, -0.15) is 5.10 Å². The van der Waals surface area contributed by atoms with Crippen molar-refractivity contribution in [3.63, 3.8) is 0 Å². The van der Waals surface area contributed by atoms with Crippen LogP contribution in [0.2, 0.25) is 0 Å². The molecule has 0 aliphatic carbocycles. The SMILES string of the molecule is Cc1nnc2c(C)csc2c1O. The topological polar surface area (TPSA) is 46.0 Å². The molecule has 3 nitrogen and oxygen atoms in total. The lowest BCUT2D eigenvalue weighted by Crippen LogP contribution is -1.87. The summed E-state index contributed by atoms with van der Waals surface area (Å²) in [5.74, 6) is 0.262. The van der Waals surface area contributed by atoms with Gasteiger partial charge in [0.05, 0.1) is 4.70 Å². The van der Waals surface area contributed by atoms with Crippen LogP contribution >= 0.6 is 11.3 Å². The van der Waals surface area contributed by atoms with Crippen LogP contribution in [-0.2, 0) is 0 Å². The lowest BCUT2D eigenvalue weighted by atomic mass is 10.3. The molecule has 2 aromatic heterocycles. The number of aromatic nitrogens is 2. The van der Waals surface area contributed by atoms with Crippen molar-refractivity contribution in [3.8, 4) is 5.75 Å². The van der Waals surface area contributed by atoms with Crippen LogP contribution < -0.4 is 0 Å². The Kier molecular flexibility index (Phi) is 1.51. The van der Waals surface area contributed by atoms with E-state index >= 15 is 0 Å². The fourth-order valence-electron chi connectivity index (χ4n) is 1.07. The van der Waals surface area contributed by atoms with Gasteiger partial charge in [0.2, 0.25) is 0 Å². The van der Waals surface area contributed by atoms with E-state index in [1.807, 2.05) is 12.3 Å². The van der Waals surface area contributed by atoms with Crippen LogP contribution in [0.25, 0.3) is 10.2 Å². The van der Waals surface area contributed by atoms with E-state index in [1.54, 1.807) is 6.92 Å². The minimum atomic E-state index is 0.262. The Morgan fingerprint density at radius 2 is 2.08 bits per heavy atom. The molecule has 62 valence electrons. The third-order valence-electron chi connectivity index (χ3n) is 1.80. The first-order valence-electron chi connectivity index (χ1n) is 3.60. The van der Waals surface area contributed by atoms with Crippen LogP contribution in [0.5, 0.6) is 5.75 Å². The molecular formula is C8H8N2OS. The van der Waals surface area contributed by atoms with Gasteiger partial charge in [0, 0.05) is 0 Å². The molecule has 12 heavy (non-hydrogen) atoms. The van der Waals surface area contributed by atoms with E-state index in [9.17, 15) is 5.11 Å². The highest BCUT2D eigenvalue weighted by atomic mass is 32.1. The number of rotatable bonds is 0. The summed E-state index contributed by atoms with van der Waals surface area (Å²) >= 11 is 1.50. The molecule has 0 aliphatic heterocycles. The van der Waals surface area contributed by atoms with Gasteiger partial charge in [0.1, 0.15) is 11.2 Å². The summed E-state index contributed by atoms with van der Waals surface area (Å²) in [6.07, 6.45) is 0. The van der Waals surface area contributed by atoms with Crippen molar-refractivity contribution >= 4 is 21.6 Å². The van der Waals surface area contributed by atoms with Gasteiger partial charge in [-0.3, -0.25) is 0 Å². The van der Waals surface area contributed by atoms with Gasteiger partial charge in [0.15, 0.2) is 5.75 Å². The Hall–Kier alpha value is -1.16. The molecule has 1 N–H and O–H groups in total. The minimum Gasteiger partial charge on any atom is -0.504 e. The molecule has 2 aromatic rings. The molecule has 0 fully saturated rings. The second-order valence-electron chi connectivity index (χ2n) is 2.73. The zero-order valence-electron chi connectivity index (χ0n) is 6.83. The zero-order chi connectivity index (χ0) is 8.72. The van der Waals surface area contributed by atoms with Crippen molar-refractivity contribution < 1.29 is 5.11 Å². The van der Waals surface area contributed by atoms with Crippen molar-refractivity contribution in [1.82, 2.24) is 10.2 Å². The lowest BCUT2D eigenvalue weighted by Gasteiger charge is -1.96. The average Bonchev–Trinajstić information content (AvgIpc) is 2.41. The van der Waals surface area contributed by atoms with Gasteiger partial charge >= 0.3 is 0 Å². The molecule has 0 atom stereocenters. The lowest BCUT2D eigenvalue weighted by molar-refractivity contribution is 0.473. The standard InChI is InChI=1S/C8H8N2OS/c1-4-3-12-8-6(4)10-9-5(2)7(8)11/h3H,1-2H3,(H,10,11). The van der Waals surface area contributed by atoms with Crippen LogP contribution in [0.1, 0.15) is 11.3 Å². The summed E-state index contributed by atoms with van der Waals surface area (Å²) < 4.78 is 0.833. The maximum Gasteiger partial charge on any atom is 0.158 e. The van der Waals surface area contributed by atoms with Gasteiger partial charge in [-0.1, -0.05) is 0 Å². The fraction of sp³-hybridized carbons (Fsp3) is 0.250. The fourth-order valence-corrected chi connectivity index (χ4v) is 2.05. The van der Waals surface area contributed by atoms with Gasteiger partial charge < -0.3 is 5.11 Å². The molecular weight excluding hydrogens is 172 g/mol. The van der Waals surface area contributed by atoms with Crippen LogP contribution in [0.4, 0.5) is 0 Å². The minimum absolute atomic E-state index is 0.262. The molecule has 2 heterocycles. The normalized spacial score (nSPS) is 10.8. The van der Waals surface area contributed by atoms with Gasteiger partial charge in [-0.15, -0.1) is 16.4 Å². The molecule has 0 aromatic carbocycles. The number of aromatic hydroxyl groups is 1. The number of hydrogen-bond acceptors (Lipinski definition) is 4. The molecule has 0 saturated carbocycles. The largest absolute Gasteiger partial charge is 0.504 e. The number of nitrogens with zero attached hydrogens (tertiary/aromatic N) is 2. The summed E-state index contributed by atoms with van der Waals surface area (Å²) in [6.45, 7) is 3.71. The second-order valence-corrected chi connectivity index (χ2v) is 3.61. The van der Waals surface area contributed by atoms with E-state index in [2.05, 4.69) is 10.2 Å². The summed E-state index contributed by atoms with van der Waals surface area (Å²) in [7, 11) is 0. The van der Waals surface area contributed by atoms with Gasteiger partial charge in [-0.25, -0.2) is 0 Å². The Bertz CT molecular complexity index is 436. The van der Waals surface area contributed by atoms with Crippen molar-refractivity contribution in [2.75, 3.05) is 0 Å². The highest BCUT2D eigenvalue weighted by Gasteiger charge is 2.08. The summed E-state index contributed by atoms with van der Waals surface area (Å²) in [5, 5.41) is 19.4.